The first-order valence-corrected chi connectivity index (χ1v) is 8.23. The number of nitrogens with zero attached hydrogens (tertiary/aromatic N) is 2. The highest BCUT2D eigenvalue weighted by Gasteiger charge is 2.20. The summed E-state index contributed by atoms with van der Waals surface area (Å²) >= 11 is 0. The van der Waals surface area contributed by atoms with Gasteiger partial charge in [0.05, 0.1) is 8.48 Å². The molecule has 6 nitrogen and oxygen atoms in total. The van der Waals surface area contributed by atoms with Crippen molar-refractivity contribution in [2.45, 2.75) is 25.5 Å². The van der Waals surface area contributed by atoms with Crippen molar-refractivity contribution in [3.05, 3.63) is 30.4 Å². The number of hydrogen-bond donors (Lipinski definition) is 2. The van der Waals surface area contributed by atoms with Crippen LogP contribution in [0.1, 0.15) is 14.2 Å². The lowest BCUT2D eigenvalue weighted by molar-refractivity contribution is -0.0494. The summed E-state index contributed by atoms with van der Waals surface area (Å²) in [6, 6.07) is 5.86. The van der Waals surface area contributed by atoms with E-state index in [0.717, 1.165) is 12.8 Å². The molecule has 1 aliphatic heterocycles. The van der Waals surface area contributed by atoms with E-state index in [4.69, 9.17) is 11.8 Å². The van der Waals surface area contributed by atoms with Crippen molar-refractivity contribution in [1.29, 1.82) is 0 Å². The fourth-order valence-electron chi connectivity index (χ4n) is 2.92. The van der Waals surface area contributed by atoms with Gasteiger partial charge in [-0.15, -0.1) is 0 Å². The molecule has 1 saturated heterocycles. The highest BCUT2D eigenvalue weighted by molar-refractivity contribution is 5.73. The Morgan fingerprint density at radius 3 is 2.65 bits per heavy atom. The van der Waals surface area contributed by atoms with Crippen molar-refractivity contribution in [3.8, 4) is 28.4 Å². The number of pyridine rings is 1. The van der Waals surface area contributed by atoms with Crippen LogP contribution in [0.25, 0.3) is 11.1 Å². The average molecular weight is 366 g/mol. The molecule has 1 aromatic carbocycles. The second kappa shape index (κ2) is 7.74. The number of phenols is 1. The number of alkyl halides is 2. The SMILES string of the molecule is [2H]c1nc(N2CCC(N)CC2)cc(OC(F)F)c1-c1ccc(OC)c(O)c1. The molecule has 0 amide bonds. The van der Waals surface area contributed by atoms with Crippen LogP contribution in [0.3, 0.4) is 0 Å². The van der Waals surface area contributed by atoms with Gasteiger partial charge in [0.15, 0.2) is 11.5 Å². The van der Waals surface area contributed by atoms with E-state index in [0.29, 0.717) is 24.5 Å². The second-order valence-electron chi connectivity index (χ2n) is 6.06. The zero-order chi connectivity index (χ0) is 19.6. The number of halogens is 2. The molecule has 1 aliphatic rings. The normalized spacial score (nSPS) is 15.9. The van der Waals surface area contributed by atoms with Crippen molar-refractivity contribution in [3.63, 3.8) is 0 Å². The maximum atomic E-state index is 13.0. The number of benzene rings is 1. The molecule has 3 rings (SSSR count). The van der Waals surface area contributed by atoms with E-state index in [1.165, 1.54) is 25.3 Å². The van der Waals surface area contributed by atoms with Gasteiger partial charge in [0, 0.05) is 36.9 Å². The number of methoxy groups -OCH3 is 1. The fourth-order valence-corrected chi connectivity index (χ4v) is 2.92. The maximum Gasteiger partial charge on any atom is 0.387 e. The minimum absolute atomic E-state index is 0.0747. The van der Waals surface area contributed by atoms with Crippen LogP contribution in [0, 0.1) is 0 Å². The molecule has 2 aromatic rings. The molecule has 2 heterocycles. The highest BCUT2D eigenvalue weighted by Crippen LogP contribution is 2.37. The third-order valence-electron chi connectivity index (χ3n) is 4.34. The van der Waals surface area contributed by atoms with Gasteiger partial charge >= 0.3 is 6.61 Å². The molecule has 0 spiro atoms. The minimum Gasteiger partial charge on any atom is -0.504 e. The van der Waals surface area contributed by atoms with Crippen LogP contribution >= 0.6 is 0 Å². The molecule has 140 valence electrons. The van der Waals surface area contributed by atoms with E-state index in [-0.39, 0.29) is 35.0 Å². The summed E-state index contributed by atoms with van der Waals surface area (Å²) in [6.45, 7) is -1.80. The smallest absolute Gasteiger partial charge is 0.387 e. The molecule has 0 aliphatic carbocycles. The topological polar surface area (TPSA) is 80.8 Å². The van der Waals surface area contributed by atoms with Crippen LogP contribution in [-0.2, 0) is 0 Å². The Bertz CT molecular complexity index is 815. The van der Waals surface area contributed by atoms with Crippen molar-refractivity contribution in [2.75, 3.05) is 25.1 Å². The molecule has 1 aromatic heterocycles. The van der Waals surface area contributed by atoms with E-state index >= 15 is 0 Å². The molecule has 0 bridgehead atoms. The van der Waals surface area contributed by atoms with Gasteiger partial charge in [-0.25, -0.2) is 4.98 Å². The van der Waals surface area contributed by atoms with Gasteiger partial charge in [-0.05, 0) is 30.5 Å². The zero-order valence-corrected chi connectivity index (χ0v) is 14.3. The molecule has 26 heavy (non-hydrogen) atoms. The molecule has 0 unspecified atom stereocenters. The predicted molar refractivity (Wildman–Crippen MR) is 93.9 cm³/mol. The largest absolute Gasteiger partial charge is 0.504 e. The Hall–Kier alpha value is -2.61. The number of anilines is 1. The minimum atomic E-state index is -3.06. The summed E-state index contributed by atoms with van der Waals surface area (Å²) in [5, 5.41) is 9.98. The van der Waals surface area contributed by atoms with Gasteiger partial charge in [0.1, 0.15) is 11.6 Å². The molecular formula is C18H21F2N3O3. The summed E-state index contributed by atoms with van der Waals surface area (Å²) in [4.78, 5) is 6.15. The summed E-state index contributed by atoms with van der Waals surface area (Å²) in [7, 11) is 1.40. The Labute approximate surface area is 151 Å². The molecule has 8 heteroatoms. The van der Waals surface area contributed by atoms with Crippen molar-refractivity contribution >= 4 is 5.82 Å². The average Bonchev–Trinajstić information content (AvgIpc) is 2.61. The van der Waals surface area contributed by atoms with Gasteiger partial charge in [0.25, 0.3) is 0 Å². The maximum absolute atomic E-state index is 13.0. The Balaban J connectivity index is 2.03. The van der Waals surface area contributed by atoms with Gasteiger partial charge in [-0.1, -0.05) is 6.07 Å². The van der Waals surface area contributed by atoms with Crippen LogP contribution < -0.4 is 20.1 Å². The molecule has 0 atom stereocenters. The summed E-state index contributed by atoms with van der Waals surface area (Å²) in [6.07, 6.45) is 1.30. The van der Waals surface area contributed by atoms with E-state index in [1.807, 2.05) is 4.90 Å². The zero-order valence-electron chi connectivity index (χ0n) is 15.3. The van der Waals surface area contributed by atoms with Crippen LogP contribution in [0.4, 0.5) is 14.6 Å². The monoisotopic (exact) mass is 366 g/mol. The lowest BCUT2D eigenvalue weighted by Crippen LogP contribution is -2.40. The van der Waals surface area contributed by atoms with Gasteiger partial charge in [0.2, 0.25) is 0 Å². The molecule has 1 fully saturated rings. The number of aromatic hydroxyl groups is 1. The van der Waals surface area contributed by atoms with E-state index < -0.39 is 6.61 Å². The first-order chi connectivity index (χ1) is 12.9. The summed E-state index contributed by atoms with van der Waals surface area (Å²) < 4.78 is 43.9. The lowest BCUT2D eigenvalue weighted by atomic mass is 10.0. The van der Waals surface area contributed by atoms with E-state index in [1.54, 1.807) is 6.07 Å². The highest BCUT2D eigenvalue weighted by atomic mass is 19.3. The predicted octanol–water partition coefficient (Wildman–Crippen LogP) is 2.99. The Morgan fingerprint density at radius 1 is 1.31 bits per heavy atom. The molecule has 3 N–H and O–H groups in total. The number of phenolic OH excluding ortho intramolecular Hbond substituents is 1. The third-order valence-corrected chi connectivity index (χ3v) is 4.34. The Morgan fingerprint density at radius 2 is 2.04 bits per heavy atom. The van der Waals surface area contributed by atoms with Crippen molar-refractivity contribution < 1.29 is 24.7 Å². The Kier molecular flexibility index (Phi) is 5.01. The van der Waals surface area contributed by atoms with Gasteiger partial charge < -0.3 is 25.2 Å². The van der Waals surface area contributed by atoms with Gasteiger partial charge in [-0.3, -0.25) is 0 Å². The lowest BCUT2D eigenvalue weighted by Gasteiger charge is -2.31. The number of aromatic nitrogens is 1. The van der Waals surface area contributed by atoms with Gasteiger partial charge in [-0.2, -0.15) is 8.78 Å². The summed E-state index contributed by atoms with van der Waals surface area (Å²) in [5.41, 5.74) is 6.30. The van der Waals surface area contributed by atoms with Crippen molar-refractivity contribution in [1.82, 2.24) is 4.98 Å². The van der Waals surface area contributed by atoms with Crippen LogP contribution in [0.2, 0.25) is 0 Å². The van der Waals surface area contributed by atoms with Crippen LogP contribution in [0.15, 0.2) is 30.4 Å². The van der Waals surface area contributed by atoms with Crippen molar-refractivity contribution in [2.24, 2.45) is 5.73 Å². The van der Waals surface area contributed by atoms with Crippen LogP contribution in [0.5, 0.6) is 17.2 Å². The second-order valence-corrected chi connectivity index (χ2v) is 6.06. The number of rotatable bonds is 5. The summed E-state index contributed by atoms with van der Waals surface area (Å²) in [5.74, 6) is 0.283. The quantitative estimate of drug-likeness (QED) is 0.847. The number of ether oxygens (including phenoxy) is 2. The fraction of sp³-hybridized carbons (Fsp3) is 0.389. The van der Waals surface area contributed by atoms with E-state index in [2.05, 4.69) is 9.72 Å². The van der Waals surface area contributed by atoms with E-state index in [9.17, 15) is 13.9 Å². The first kappa shape index (κ1) is 16.8. The standard InChI is InChI=1S/C18H21F2N3O3/c1-25-15-3-2-11(8-14(15)24)13-10-22-17(9-16(13)26-18(19)20)23-6-4-12(21)5-7-23/h2-3,8-10,12,18,24H,4-7,21H2,1H3/i10D. The number of nitrogens with two attached hydrogens (primary N) is 1. The molecule has 0 saturated carbocycles. The third kappa shape index (κ3) is 3.96. The first-order valence-electron chi connectivity index (χ1n) is 8.73. The number of piperidine rings is 1. The molecule has 0 radical (unpaired) electrons. The van der Waals surface area contributed by atoms with Crippen LogP contribution in [-0.4, -0.2) is 42.9 Å². The molecular weight excluding hydrogens is 344 g/mol. The number of hydrogen-bond acceptors (Lipinski definition) is 6.